The Labute approximate surface area is 169 Å². The summed E-state index contributed by atoms with van der Waals surface area (Å²) in [6.45, 7) is 8.60. The van der Waals surface area contributed by atoms with Gasteiger partial charge in [0.2, 0.25) is 5.16 Å². The summed E-state index contributed by atoms with van der Waals surface area (Å²) in [5.74, 6) is 1.69. The molecule has 0 bridgehead atoms. The van der Waals surface area contributed by atoms with Gasteiger partial charge < -0.3 is 9.84 Å². The van der Waals surface area contributed by atoms with Crippen LogP contribution in [0.4, 0.5) is 0 Å². The molecule has 0 amide bonds. The van der Waals surface area contributed by atoms with Crippen LogP contribution in [0.5, 0.6) is 5.75 Å². The first-order chi connectivity index (χ1) is 13.4. The highest BCUT2D eigenvalue weighted by Gasteiger charge is 2.13. The number of aromatic nitrogens is 4. The fourth-order valence-electron chi connectivity index (χ4n) is 2.86. The number of benzene rings is 2. The number of aryl methyl sites for hydroxylation is 2. The number of hydrogen-bond donors (Lipinski definition) is 1. The van der Waals surface area contributed by atoms with Crippen molar-refractivity contribution >= 4 is 11.8 Å². The van der Waals surface area contributed by atoms with E-state index in [1.54, 1.807) is 4.68 Å². The first-order valence-electron chi connectivity index (χ1n) is 9.33. The molecular weight excluding hydrogens is 372 g/mol. The second-order valence-corrected chi connectivity index (χ2v) is 8.21. The van der Waals surface area contributed by atoms with Crippen molar-refractivity contribution in [2.24, 2.45) is 0 Å². The molecule has 1 N–H and O–H groups in total. The van der Waals surface area contributed by atoms with E-state index in [4.69, 9.17) is 4.74 Å². The van der Waals surface area contributed by atoms with Gasteiger partial charge in [0.1, 0.15) is 12.4 Å². The maximum Gasteiger partial charge on any atom is 0.214 e. The number of tetrazole rings is 1. The van der Waals surface area contributed by atoms with Crippen LogP contribution in [0.3, 0.4) is 0 Å². The molecule has 1 heterocycles. The van der Waals surface area contributed by atoms with E-state index in [-0.39, 0.29) is 6.61 Å². The Balaban J connectivity index is 1.57. The molecule has 148 valence electrons. The van der Waals surface area contributed by atoms with Crippen molar-refractivity contribution < 1.29 is 9.84 Å². The molecule has 0 aliphatic rings. The monoisotopic (exact) mass is 398 g/mol. The Morgan fingerprint density at radius 1 is 1.07 bits per heavy atom. The largest absolute Gasteiger partial charge is 0.491 e. The molecule has 3 rings (SSSR count). The number of aliphatic hydroxyl groups is 1. The summed E-state index contributed by atoms with van der Waals surface area (Å²) in [4.78, 5) is 0. The van der Waals surface area contributed by atoms with Gasteiger partial charge in [-0.3, -0.25) is 0 Å². The second-order valence-electron chi connectivity index (χ2n) is 7.22. The molecule has 1 aromatic heterocycles. The third-order valence-electron chi connectivity index (χ3n) is 4.29. The number of rotatable bonds is 8. The highest BCUT2D eigenvalue weighted by molar-refractivity contribution is 7.99. The molecule has 0 fully saturated rings. The van der Waals surface area contributed by atoms with Crippen LogP contribution in [-0.4, -0.2) is 43.8 Å². The van der Waals surface area contributed by atoms with Crippen LogP contribution >= 0.6 is 11.8 Å². The fourth-order valence-corrected chi connectivity index (χ4v) is 3.66. The number of hydrogen-bond acceptors (Lipinski definition) is 6. The lowest BCUT2D eigenvalue weighted by Crippen LogP contribution is -2.20. The van der Waals surface area contributed by atoms with E-state index >= 15 is 0 Å². The van der Waals surface area contributed by atoms with Crippen LogP contribution in [-0.2, 0) is 0 Å². The molecule has 3 aromatic rings. The van der Waals surface area contributed by atoms with Gasteiger partial charge in [-0.15, -0.1) is 5.10 Å². The van der Waals surface area contributed by atoms with Gasteiger partial charge in [-0.05, 0) is 71.1 Å². The number of thioether (sulfide) groups is 1. The quantitative estimate of drug-likeness (QED) is 0.580. The lowest BCUT2D eigenvalue weighted by atomic mass is 10.0. The van der Waals surface area contributed by atoms with Crippen molar-refractivity contribution in [3.8, 4) is 11.4 Å². The minimum Gasteiger partial charge on any atom is -0.491 e. The van der Waals surface area contributed by atoms with Crippen LogP contribution in [0.25, 0.3) is 5.69 Å². The van der Waals surface area contributed by atoms with Crippen LogP contribution in [0.2, 0.25) is 0 Å². The molecule has 28 heavy (non-hydrogen) atoms. The number of ether oxygens (including phenoxy) is 1. The second kappa shape index (κ2) is 9.21. The van der Waals surface area contributed by atoms with Crippen molar-refractivity contribution in [1.82, 2.24) is 20.2 Å². The van der Waals surface area contributed by atoms with Crippen molar-refractivity contribution in [3.05, 3.63) is 59.2 Å². The summed E-state index contributed by atoms with van der Waals surface area (Å²) >= 11 is 1.41. The van der Waals surface area contributed by atoms with E-state index < -0.39 is 6.10 Å². The summed E-state index contributed by atoms with van der Waals surface area (Å²) in [7, 11) is 0. The topological polar surface area (TPSA) is 73.1 Å². The first-order valence-corrected chi connectivity index (χ1v) is 10.3. The lowest BCUT2D eigenvalue weighted by molar-refractivity contribution is 0.126. The molecule has 0 saturated carbocycles. The maximum atomic E-state index is 10.3. The van der Waals surface area contributed by atoms with Crippen molar-refractivity contribution in [3.63, 3.8) is 0 Å². The minimum atomic E-state index is -0.626. The highest BCUT2D eigenvalue weighted by atomic mass is 32.2. The summed E-state index contributed by atoms with van der Waals surface area (Å²) in [6, 6.07) is 14.2. The minimum absolute atomic E-state index is 0.223. The lowest BCUT2D eigenvalue weighted by Gasteiger charge is -2.13. The Kier molecular flexibility index (Phi) is 6.70. The van der Waals surface area contributed by atoms with E-state index in [0.717, 1.165) is 22.6 Å². The molecule has 0 aliphatic carbocycles. The first kappa shape index (κ1) is 20.4. The number of nitrogens with zero attached hydrogens (tertiary/aromatic N) is 4. The van der Waals surface area contributed by atoms with Gasteiger partial charge in [0.05, 0.1) is 11.8 Å². The smallest absolute Gasteiger partial charge is 0.214 e. The molecule has 6 nitrogen and oxygen atoms in total. The third-order valence-corrected chi connectivity index (χ3v) is 5.35. The van der Waals surface area contributed by atoms with E-state index in [9.17, 15) is 5.11 Å². The van der Waals surface area contributed by atoms with Crippen LogP contribution in [0.15, 0.2) is 47.6 Å². The van der Waals surface area contributed by atoms with Gasteiger partial charge in [0, 0.05) is 5.75 Å². The summed E-state index contributed by atoms with van der Waals surface area (Å²) in [5.41, 5.74) is 4.45. The van der Waals surface area contributed by atoms with E-state index in [2.05, 4.69) is 47.6 Å². The third kappa shape index (κ3) is 5.33. The van der Waals surface area contributed by atoms with Crippen molar-refractivity contribution in [2.75, 3.05) is 12.4 Å². The van der Waals surface area contributed by atoms with Crippen LogP contribution in [0.1, 0.15) is 36.5 Å². The molecule has 0 spiro atoms. The molecule has 7 heteroatoms. The molecule has 0 saturated heterocycles. The predicted molar refractivity (Wildman–Crippen MR) is 111 cm³/mol. The van der Waals surface area contributed by atoms with Gasteiger partial charge >= 0.3 is 0 Å². The average Bonchev–Trinajstić information content (AvgIpc) is 3.12. The Morgan fingerprint density at radius 2 is 1.75 bits per heavy atom. The van der Waals surface area contributed by atoms with Crippen molar-refractivity contribution in [2.45, 2.75) is 44.9 Å². The van der Waals surface area contributed by atoms with Gasteiger partial charge in [-0.2, -0.15) is 4.68 Å². The zero-order valence-corrected chi connectivity index (χ0v) is 17.5. The zero-order chi connectivity index (χ0) is 20.1. The average molecular weight is 399 g/mol. The SMILES string of the molecule is Cc1cc(C)cc(OC[C@@H](O)CSc2nnnn2-c2ccc(C(C)C)cc2)c1. The van der Waals surface area contributed by atoms with Crippen LogP contribution in [0, 0.1) is 13.8 Å². The van der Waals surface area contributed by atoms with Gasteiger partial charge in [0.25, 0.3) is 0 Å². The summed E-state index contributed by atoms with van der Waals surface area (Å²) < 4.78 is 7.41. The van der Waals surface area contributed by atoms with E-state index in [1.807, 2.05) is 38.1 Å². The molecular formula is C21H26N4O2S. The van der Waals surface area contributed by atoms with Crippen LogP contribution < -0.4 is 4.74 Å². The maximum absolute atomic E-state index is 10.3. The molecule has 1 atom stereocenters. The fraction of sp³-hybridized carbons (Fsp3) is 0.381. The summed E-state index contributed by atoms with van der Waals surface area (Å²) in [5, 5.41) is 22.9. The van der Waals surface area contributed by atoms with E-state index in [0.29, 0.717) is 16.8 Å². The predicted octanol–water partition coefficient (Wildman–Crippen LogP) is 3.93. The van der Waals surface area contributed by atoms with E-state index in [1.165, 1.54) is 17.3 Å². The van der Waals surface area contributed by atoms with Crippen molar-refractivity contribution in [1.29, 1.82) is 0 Å². The Hall–Kier alpha value is -2.38. The molecule has 0 unspecified atom stereocenters. The molecule has 0 aliphatic heterocycles. The molecule has 2 aromatic carbocycles. The van der Waals surface area contributed by atoms with Gasteiger partial charge in [0.15, 0.2) is 0 Å². The zero-order valence-electron chi connectivity index (χ0n) is 16.7. The Morgan fingerprint density at radius 3 is 2.39 bits per heavy atom. The normalized spacial score (nSPS) is 12.4. The Bertz CT molecular complexity index is 889. The standard InChI is InChI=1S/C21H26N4O2S/c1-14(2)17-5-7-18(8-6-17)25-21(22-23-24-25)28-13-19(26)12-27-20-10-15(3)9-16(4)11-20/h5-11,14,19,26H,12-13H2,1-4H3/t19-/m1/s1. The summed E-state index contributed by atoms with van der Waals surface area (Å²) in [6.07, 6.45) is -0.626. The highest BCUT2D eigenvalue weighted by Crippen LogP contribution is 2.22. The molecule has 0 radical (unpaired) electrons. The van der Waals surface area contributed by atoms with Gasteiger partial charge in [-0.1, -0.05) is 43.8 Å². The number of aliphatic hydroxyl groups excluding tert-OH is 1. The van der Waals surface area contributed by atoms with Gasteiger partial charge in [-0.25, -0.2) is 0 Å².